The molecule has 73 heavy (non-hydrogen) atoms. The number of carboxylic acid groups (broad SMARTS) is 9. The molecule has 19 heteroatoms. The molecule has 0 aliphatic rings. The zero-order chi connectivity index (χ0) is 57.7. The second kappa shape index (κ2) is 84.1. The zero-order valence-corrected chi connectivity index (χ0v) is 42.0. The molecule has 0 unspecified atom stereocenters. The summed E-state index contributed by atoms with van der Waals surface area (Å²) in [5, 5.41) is 72.2. The maximum atomic E-state index is 9.75. The Morgan fingerprint density at radius 1 is 0.178 bits per heavy atom. The molecule has 0 fully saturated rings. The first-order valence-electron chi connectivity index (χ1n) is 20.6. The van der Waals surface area contributed by atoms with Crippen LogP contribution in [0.1, 0.15) is 62.3 Å². The summed E-state index contributed by atoms with van der Waals surface area (Å²) in [6.07, 6.45) is 53.8. The van der Waals surface area contributed by atoms with Crippen LogP contribution in [0.25, 0.3) is 0 Å². The second-order valence-corrected chi connectivity index (χ2v) is 11.0. The summed E-state index contributed by atoms with van der Waals surface area (Å²) in [4.78, 5) is 87.8. The molecule has 0 amide bonds. The van der Waals surface area contributed by atoms with Crippen LogP contribution in [0.15, 0.2) is 219 Å². The quantitative estimate of drug-likeness (QED) is 0.0350. The SMILES string of the molecule is CC=CC=CC(=O)O.CC=CC=CC(=O)O.CC=CC=CC(=O)O.CC=CC=CC(=O)O.CC=CC=CC(=O)O.CC=CC=CC(=O)O.CC=CC=CC(=O)O.CC=CC=CC(=O)O.CC=CC=CC(=O)O.[KH]. The number of aliphatic carboxylic acids is 9. The first kappa shape index (κ1) is 88.2. The second-order valence-electron chi connectivity index (χ2n) is 11.0. The summed E-state index contributed by atoms with van der Waals surface area (Å²) in [5.74, 6) is -8.22. The number of carbonyl (C=O) groups is 9. The normalized spacial score (nSPS) is 11.0. The van der Waals surface area contributed by atoms with Crippen molar-refractivity contribution >= 4 is 105 Å². The van der Waals surface area contributed by atoms with Crippen LogP contribution < -0.4 is 0 Å². The van der Waals surface area contributed by atoms with Crippen molar-refractivity contribution in [2.24, 2.45) is 0 Å². The van der Waals surface area contributed by atoms with E-state index in [-0.39, 0.29) is 51.4 Å². The molecule has 0 aliphatic heterocycles. The van der Waals surface area contributed by atoms with Gasteiger partial charge >= 0.3 is 105 Å². The average Bonchev–Trinajstić information content (AvgIpc) is 3.28. The third kappa shape index (κ3) is 180. The fraction of sp³-hybridized carbons (Fsp3) is 0.167. The van der Waals surface area contributed by atoms with Gasteiger partial charge in [-0.2, -0.15) is 0 Å². The van der Waals surface area contributed by atoms with E-state index in [9.17, 15) is 43.2 Å². The molecule has 0 radical (unpaired) electrons. The first-order chi connectivity index (χ1) is 33.9. The van der Waals surface area contributed by atoms with Gasteiger partial charge in [-0.1, -0.05) is 164 Å². The molecular weight excluding hydrogens is 976 g/mol. The van der Waals surface area contributed by atoms with Crippen LogP contribution in [-0.4, -0.2) is 151 Å². The molecule has 0 aromatic heterocycles. The van der Waals surface area contributed by atoms with Gasteiger partial charge in [-0.15, -0.1) is 0 Å². The molecule has 9 N–H and O–H groups in total. The molecule has 0 heterocycles. The third-order valence-electron chi connectivity index (χ3n) is 4.88. The average molecular weight is 1050 g/mol. The van der Waals surface area contributed by atoms with Crippen LogP contribution in [0.4, 0.5) is 0 Å². The van der Waals surface area contributed by atoms with Crippen LogP contribution in [0.2, 0.25) is 0 Å². The Bertz CT molecular complexity index is 1570. The molecule has 0 spiro atoms. The van der Waals surface area contributed by atoms with Crippen molar-refractivity contribution in [2.45, 2.75) is 62.3 Å². The van der Waals surface area contributed by atoms with Gasteiger partial charge in [0.15, 0.2) is 0 Å². The van der Waals surface area contributed by atoms with Crippen LogP contribution in [0.3, 0.4) is 0 Å². The van der Waals surface area contributed by atoms with Gasteiger partial charge < -0.3 is 46.0 Å². The van der Waals surface area contributed by atoms with Crippen molar-refractivity contribution in [1.82, 2.24) is 0 Å². The fourth-order valence-electron chi connectivity index (χ4n) is 2.24. The Morgan fingerprint density at radius 2 is 0.247 bits per heavy atom. The van der Waals surface area contributed by atoms with E-state index in [0.717, 1.165) is 54.7 Å². The van der Waals surface area contributed by atoms with Gasteiger partial charge in [-0.25, -0.2) is 43.2 Å². The van der Waals surface area contributed by atoms with E-state index in [4.69, 9.17) is 46.0 Å². The Morgan fingerprint density at radius 3 is 0.288 bits per heavy atom. The van der Waals surface area contributed by atoms with Crippen molar-refractivity contribution in [1.29, 1.82) is 0 Å². The Labute approximate surface area is 471 Å². The Hall–Kier alpha value is -7.81. The molecule has 0 aliphatic carbocycles. The Balaban J connectivity index is -0.0000000763. The van der Waals surface area contributed by atoms with Gasteiger partial charge in [0.2, 0.25) is 0 Å². The van der Waals surface area contributed by atoms with Crippen LogP contribution in [0, 0.1) is 0 Å². The summed E-state index contributed by atoms with van der Waals surface area (Å²) in [6.45, 7) is 16.4. The van der Waals surface area contributed by atoms with Gasteiger partial charge in [0.05, 0.1) is 0 Å². The standard InChI is InChI=1S/9C6H8O2.K.H/c9*1-2-3-4-5-6(7)8;;/h9*2-5H,1H3,(H,7,8);;. The maximum absolute atomic E-state index is 9.75. The van der Waals surface area contributed by atoms with E-state index in [1.165, 1.54) is 54.7 Å². The predicted octanol–water partition coefficient (Wildman–Crippen LogP) is 10.2. The molecule has 0 aromatic rings. The molecule has 18 nitrogen and oxygen atoms in total. The van der Waals surface area contributed by atoms with E-state index in [2.05, 4.69) is 0 Å². The van der Waals surface area contributed by atoms with E-state index < -0.39 is 53.7 Å². The minimum absolute atomic E-state index is 0. The third-order valence-corrected chi connectivity index (χ3v) is 4.88. The monoisotopic (exact) mass is 1050 g/mol. The molecule has 398 valence electrons. The van der Waals surface area contributed by atoms with E-state index in [0.29, 0.717) is 0 Å². The summed E-state index contributed by atoms with van der Waals surface area (Å²) < 4.78 is 0. The van der Waals surface area contributed by atoms with Crippen LogP contribution in [-0.2, 0) is 43.2 Å². The van der Waals surface area contributed by atoms with Gasteiger partial charge in [0.1, 0.15) is 0 Å². The Kier molecular flexibility index (Phi) is 102. The van der Waals surface area contributed by atoms with E-state index >= 15 is 0 Å². The zero-order valence-electron chi connectivity index (χ0n) is 42.0. The number of hydrogen-bond acceptors (Lipinski definition) is 9. The summed E-state index contributed by atoms with van der Waals surface area (Å²) in [6, 6.07) is 0. The summed E-state index contributed by atoms with van der Waals surface area (Å²) in [5.41, 5.74) is 0. The molecule has 0 saturated heterocycles. The molecule has 0 atom stereocenters. The first-order valence-corrected chi connectivity index (χ1v) is 20.6. The van der Waals surface area contributed by atoms with Gasteiger partial charge in [-0.3, -0.25) is 0 Å². The minimum atomic E-state index is -0.914. The van der Waals surface area contributed by atoms with E-state index in [1.807, 2.05) is 62.3 Å². The molecule has 0 rings (SSSR count). The molecular formula is C54H73KO18. The number of carboxylic acids is 9. The summed E-state index contributed by atoms with van der Waals surface area (Å²) in [7, 11) is 0. The summed E-state index contributed by atoms with van der Waals surface area (Å²) >= 11 is 0. The van der Waals surface area contributed by atoms with Crippen molar-refractivity contribution in [3.63, 3.8) is 0 Å². The van der Waals surface area contributed by atoms with Crippen LogP contribution in [0.5, 0.6) is 0 Å². The fourth-order valence-corrected chi connectivity index (χ4v) is 2.24. The topological polar surface area (TPSA) is 336 Å². The number of rotatable bonds is 18. The van der Waals surface area contributed by atoms with Crippen molar-refractivity contribution in [3.05, 3.63) is 219 Å². The van der Waals surface area contributed by atoms with Gasteiger partial charge in [0.25, 0.3) is 0 Å². The number of hydrogen-bond donors (Lipinski definition) is 9. The van der Waals surface area contributed by atoms with Crippen molar-refractivity contribution in [3.8, 4) is 0 Å². The molecule has 0 aromatic carbocycles. The van der Waals surface area contributed by atoms with Gasteiger partial charge in [-0.05, 0) is 62.3 Å². The van der Waals surface area contributed by atoms with Crippen LogP contribution >= 0.6 is 0 Å². The number of allylic oxidation sites excluding steroid dienone is 27. The van der Waals surface area contributed by atoms with Crippen molar-refractivity contribution in [2.75, 3.05) is 0 Å². The van der Waals surface area contributed by atoms with Crippen molar-refractivity contribution < 1.29 is 89.1 Å². The van der Waals surface area contributed by atoms with Gasteiger partial charge in [0, 0.05) is 54.7 Å². The van der Waals surface area contributed by atoms with E-state index in [1.54, 1.807) is 109 Å². The molecule has 0 bridgehead atoms. The molecule has 0 saturated carbocycles. The predicted molar refractivity (Wildman–Crippen MR) is 291 cm³/mol.